The highest BCUT2D eigenvalue weighted by molar-refractivity contribution is 6.01. The third kappa shape index (κ3) is 4.85. The molecular weight excluding hydrogens is 243 g/mol. The summed E-state index contributed by atoms with van der Waals surface area (Å²) in [5.74, 6) is -2.30. The number of aliphatic hydroxyl groups is 1. The minimum absolute atomic E-state index is 0.216. The largest absolute Gasteiger partial charge is 0.478 e. The van der Waals surface area contributed by atoms with E-state index in [1.54, 1.807) is 5.32 Å². The lowest BCUT2D eigenvalue weighted by atomic mass is 10.1. The third-order valence-electron chi connectivity index (χ3n) is 2.06. The molecule has 5 nitrogen and oxygen atoms in total. The van der Waals surface area contributed by atoms with E-state index in [9.17, 15) is 22.8 Å². The number of carboxylic acids is 1. The Morgan fingerprint density at radius 2 is 1.71 bits per heavy atom. The lowest BCUT2D eigenvalue weighted by Gasteiger charge is -2.15. The topological polar surface area (TPSA) is 86.6 Å². The van der Waals surface area contributed by atoms with E-state index in [-0.39, 0.29) is 11.1 Å². The van der Waals surface area contributed by atoms with Gasteiger partial charge in [-0.1, -0.05) is 0 Å². The minimum Gasteiger partial charge on any atom is -0.478 e. The fourth-order valence-electron chi connectivity index (χ4n) is 0.768. The Balaban J connectivity index is 4.49. The fraction of sp³-hybridized carbons (Fsp3) is 0.556. The van der Waals surface area contributed by atoms with E-state index in [1.807, 2.05) is 0 Å². The summed E-state index contributed by atoms with van der Waals surface area (Å²) in [4.78, 5) is 21.7. The smallest absolute Gasteiger partial charge is 0.416 e. The van der Waals surface area contributed by atoms with Crippen molar-refractivity contribution in [2.75, 3.05) is 6.54 Å². The van der Waals surface area contributed by atoms with Gasteiger partial charge in [0, 0.05) is 11.1 Å². The van der Waals surface area contributed by atoms with Crippen LogP contribution in [0.25, 0.3) is 0 Å². The first-order valence-electron chi connectivity index (χ1n) is 4.51. The van der Waals surface area contributed by atoms with Crippen LogP contribution in [0.15, 0.2) is 11.1 Å². The van der Waals surface area contributed by atoms with Gasteiger partial charge >= 0.3 is 12.1 Å². The Hall–Kier alpha value is -1.57. The van der Waals surface area contributed by atoms with Crippen LogP contribution >= 0.6 is 0 Å². The molecule has 0 bridgehead atoms. The number of carboxylic acid groups (broad SMARTS) is 1. The molecule has 0 saturated heterocycles. The van der Waals surface area contributed by atoms with Gasteiger partial charge in [-0.05, 0) is 13.8 Å². The second kappa shape index (κ2) is 5.67. The maximum Gasteiger partial charge on any atom is 0.416 e. The molecule has 98 valence electrons. The zero-order valence-electron chi connectivity index (χ0n) is 9.13. The normalized spacial score (nSPS) is 14.9. The summed E-state index contributed by atoms with van der Waals surface area (Å²) in [6, 6.07) is 0. The lowest BCUT2D eigenvalue weighted by Crippen LogP contribution is -2.41. The van der Waals surface area contributed by atoms with Gasteiger partial charge < -0.3 is 15.5 Å². The number of aliphatic carboxylic acids is 1. The number of alkyl halides is 3. The molecule has 0 spiro atoms. The molecule has 0 aromatic heterocycles. The highest BCUT2D eigenvalue weighted by Crippen LogP contribution is 2.19. The number of hydrogen-bond donors (Lipinski definition) is 3. The van der Waals surface area contributed by atoms with E-state index in [4.69, 9.17) is 10.2 Å². The molecule has 1 unspecified atom stereocenters. The standard InChI is InChI=1S/C9H12F3NO4/c1-4(5(2)8(16)17)7(15)13-3-6(14)9(10,11)12/h6,14H,3H2,1-2H3,(H,13,15)(H,16,17). The predicted molar refractivity (Wildman–Crippen MR) is 51.1 cm³/mol. The first kappa shape index (κ1) is 15.4. The summed E-state index contributed by atoms with van der Waals surface area (Å²) in [7, 11) is 0. The minimum atomic E-state index is -4.83. The van der Waals surface area contributed by atoms with Crippen molar-refractivity contribution in [3.05, 3.63) is 11.1 Å². The van der Waals surface area contributed by atoms with Gasteiger partial charge in [-0.2, -0.15) is 13.2 Å². The number of carbonyl (C=O) groups excluding carboxylic acids is 1. The van der Waals surface area contributed by atoms with Crippen molar-refractivity contribution in [3.8, 4) is 0 Å². The maximum atomic E-state index is 11.9. The molecule has 3 N–H and O–H groups in total. The predicted octanol–water partition coefficient (Wildman–Crippen LogP) is 0.447. The van der Waals surface area contributed by atoms with E-state index in [0.717, 1.165) is 6.92 Å². The van der Waals surface area contributed by atoms with Crippen molar-refractivity contribution >= 4 is 11.9 Å². The number of halogens is 3. The van der Waals surface area contributed by atoms with E-state index >= 15 is 0 Å². The molecule has 0 fully saturated rings. The van der Waals surface area contributed by atoms with Crippen molar-refractivity contribution in [2.24, 2.45) is 0 Å². The van der Waals surface area contributed by atoms with Crippen LogP contribution < -0.4 is 5.32 Å². The van der Waals surface area contributed by atoms with Crippen LogP contribution in [-0.4, -0.2) is 40.9 Å². The average Bonchev–Trinajstić information content (AvgIpc) is 2.21. The number of aliphatic hydroxyl groups excluding tert-OH is 1. The molecule has 17 heavy (non-hydrogen) atoms. The van der Waals surface area contributed by atoms with Gasteiger partial charge in [0.15, 0.2) is 6.10 Å². The van der Waals surface area contributed by atoms with Crippen LogP contribution in [0.2, 0.25) is 0 Å². The molecule has 0 saturated carbocycles. The number of carbonyl (C=O) groups is 2. The molecule has 1 atom stereocenters. The van der Waals surface area contributed by atoms with Gasteiger partial charge in [-0.25, -0.2) is 4.79 Å². The molecule has 0 radical (unpaired) electrons. The number of amides is 1. The highest BCUT2D eigenvalue weighted by Gasteiger charge is 2.38. The molecule has 0 aliphatic rings. The highest BCUT2D eigenvalue weighted by atomic mass is 19.4. The Bertz CT molecular complexity index is 349. The Kier molecular flexibility index (Phi) is 5.14. The van der Waals surface area contributed by atoms with Crippen molar-refractivity contribution in [2.45, 2.75) is 26.1 Å². The zero-order chi connectivity index (χ0) is 13.8. The van der Waals surface area contributed by atoms with Gasteiger partial charge in [0.25, 0.3) is 0 Å². The Labute approximate surface area is 94.9 Å². The van der Waals surface area contributed by atoms with Crippen LogP contribution in [-0.2, 0) is 9.59 Å². The van der Waals surface area contributed by atoms with Gasteiger partial charge in [-0.3, -0.25) is 4.79 Å². The molecule has 8 heteroatoms. The van der Waals surface area contributed by atoms with E-state index in [1.165, 1.54) is 6.92 Å². The van der Waals surface area contributed by atoms with Gasteiger partial charge in [0.05, 0.1) is 6.54 Å². The van der Waals surface area contributed by atoms with Crippen molar-refractivity contribution in [3.63, 3.8) is 0 Å². The number of nitrogens with one attached hydrogen (secondary N) is 1. The molecule has 0 aliphatic carbocycles. The molecule has 0 aliphatic heterocycles. The summed E-state index contributed by atoms with van der Waals surface area (Å²) < 4.78 is 35.6. The second-order valence-corrected chi connectivity index (χ2v) is 3.32. The summed E-state index contributed by atoms with van der Waals surface area (Å²) in [5, 5.41) is 18.9. The lowest BCUT2D eigenvalue weighted by molar-refractivity contribution is -0.201. The monoisotopic (exact) mass is 255 g/mol. The van der Waals surface area contributed by atoms with E-state index in [2.05, 4.69) is 0 Å². The van der Waals surface area contributed by atoms with Crippen LogP contribution in [0.3, 0.4) is 0 Å². The summed E-state index contributed by atoms with van der Waals surface area (Å²) in [6.07, 6.45) is -7.50. The van der Waals surface area contributed by atoms with Crippen molar-refractivity contribution in [1.29, 1.82) is 0 Å². The number of rotatable bonds is 4. The first-order chi connectivity index (χ1) is 7.57. The van der Waals surface area contributed by atoms with Crippen molar-refractivity contribution in [1.82, 2.24) is 5.32 Å². The van der Waals surface area contributed by atoms with Crippen LogP contribution in [0.4, 0.5) is 13.2 Å². The molecule has 0 aromatic rings. The molecule has 0 aromatic carbocycles. The Morgan fingerprint density at radius 1 is 1.24 bits per heavy atom. The second-order valence-electron chi connectivity index (χ2n) is 3.32. The Morgan fingerprint density at radius 3 is 2.06 bits per heavy atom. The average molecular weight is 255 g/mol. The van der Waals surface area contributed by atoms with Gasteiger partial charge in [0.2, 0.25) is 5.91 Å². The van der Waals surface area contributed by atoms with Gasteiger partial charge in [-0.15, -0.1) is 0 Å². The van der Waals surface area contributed by atoms with E-state index in [0.29, 0.717) is 0 Å². The molecule has 0 heterocycles. The first-order valence-corrected chi connectivity index (χ1v) is 4.51. The van der Waals surface area contributed by atoms with E-state index < -0.39 is 30.7 Å². The maximum absolute atomic E-state index is 11.9. The number of hydrogen-bond acceptors (Lipinski definition) is 3. The summed E-state index contributed by atoms with van der Waals surface area (Å²) in [5.41, 5.74) is -0.490. The van der Waals surface area contributed by atoms with Crippen molar-refractivity contribution < 1.29 is 33.0 Å². The zero-order valence-corrected chi connectivity index (χ0v) is 9.13. The fourth-order valence-corrected chi connectivity index (χ4v) is 0.768. The third-order valence-corrected chi connectivity index (χ3v) is 2.06. The van der Waals surface area contributed by atoms with Crippen LogP contribution in [0.5, 0.6) is 0 Å². The summed E-state index contributed by atoms with van der Waals surface area (Å²) >= 11 is 0. The molecule has 1 amide bonds. The molecular formula is C9H12F3NO4. The van der Waals surface area contributed by atoms with Gasteiger partial charge in [0.1, 0.15) is 0 Å². The van der Waals surface area contributed by atoms with Crippen LogP contribution in [0.1, 0.15) is 13.8 Å². The summed E-state index contributed by atoms with van der Waals surface area (Å²) in [6.45, 7) is 1.29. The SMILES string of the molecule is CC(C(=O)O)=C(C)C(=O)NCC(O)C(F)(F)F. The quantitative estimate of drug-likeness (QED) is 0.636. The van der Waals surface area contributed by atoms with Crippen LogP contribution in [0, 0.1) is 0 Å². The molecule has 0 rings (SSSR count).